The normalized spacial score (nSPS) is 11.6. The molecular weight excluding hydrogens is 356 g/mol. The van der Waals surface area contributed by atoms with Crippen LogP contribution in [0.15, 0.2) is 54.7 Å². The molecule has 0 fully saturated rings. The fourth-order valence-corrected chi connectivity index (χ4v) is 2.60. The van der Waals surface area contributed by atoms with Gasteiger partial charge in [0.05, 0.1) is 13.2 Å². The maximum absolute atomic E-state index is 12.0. The van der Waals surface area contributed by atoms with Crippen LogP contribution in [0, 0.1) is 0 Å². The third-order valence-corrected chi connectivity index (χ3v) is 4.13. The number of carbonyl (C=O) groups is 2. The number of rotatable bonds is 13. The summed E-state index contributed by atoms with van der Waals surface area (Å²) in [5.74, 6) is 0.0609. The molecule has 1 atom stereocenters. The molecular formula is C21H28N4O3. The number of carbonyl (C=O) groups excluding carboxylic acids is 2. The molecule has 4 N–H and O–H groups in total. The maximum atomic E-state index is 12.0. The molecule has 0 saturated heterocycles. The summed E-state index contributed by atoms with van der Waals surface area (Å²) in [6.07, 6.45) is 4.67. The Morgan fingerprint density at radius 2 is 1.82 bits per heavy atom. The molecule has 1 heterocycles. The summed E-state index contributed by atoms with van der Waals surface area (Å²) < 4.78 is 5.51. The van der Waals surface area contributed by atoms with Gasteiger partial charge in [0.15, 0.2) is 0 Å². The quantitative estimate of drug-likeness (QED) is 0.459. The lowest BCUT2D eigenvalue weighted by atomic mass is 10.1. The van der Waals surface area contributed by atoms with E-state index in [9.17, 15) is 9.59 Å². The van der Waals surface area contributed by atoms with Crippen molar-refractivity contribution in [1.82, 2.24) is 10.3 Å². The van der Waals surface area contributed by atoms with Gasteiger partial charge in [-0.2, -0.15) is 0 Å². The smallest absolute Gasteiger partial charge is 0.242 e. The first-order valence-electron chi connectivity index (χ1n) is 9.50. The second-order valence-electron chi connectivity index (χ2n) is 6.48. The number of nitrogens with one attached hydrogen (secondary N) is 2. The van der Waals surface area contributed by atoms with E-state index >= 15 is 0 Å². The third kappa shape index (κ3) is 8.64. The minimum Gasteiger partial charge on any atom is -0.374 e. The van der Waals surface area contributed by atoms with Crippen LogP contribution < -0.4 is 16.4 Å². The second-order valence-corrected chi connectivity index (χ2v) is 6.48. The van der Waals surface area contributed by atoms with Gasteiger partial charge in [0.1, 0.15) is 11.9 Å². The van der Waals surface area contributed by atoms with Gasteiger partial charge in [0.2, 0.25) is 11.8 Å². The van der Waals surface area contributed by atoms with Crippen LogP contribution in [0.3, 0.4) is 0 Å². The Balaban J connectivity index is 1.57. The van der Waals surface area contributed by atoms with E-state index in [4.69, 9.17) is 10.5 Å². The Morgan fingerprint density at radius 3 is 2.54 bits per heavy atom. The molecule has 0 bridgehead atoms. The molecule has 28 heavy (non-hydrogen) atoms. The van der Waals surface area contributed by atoms with Crippen molar-refractivity contribution in [3.05, 3.63) is 60.3 Å². The summed E-state index contributed by atoms with van der Waals surface area (Å²) in [6, 6.07) is 14.5. The van der Waals surface area contributed by atoms with E-state index in [1.165, 1.54) is 0 Å². The first kappa shape index (κ1) is 21.4. The van der Waals surface area contributed by atoms with E-state index < -0.39 is 11.9 Å². The number of anilines is 1. The third-order valence-electron chi connectivity index (χ3n) is 4.13. The fourth-order valence-electron chi connectivity index (χ4n) is 2.60. The average molecular weight is 384 g/mol. The fraction of sp³-hybridized carbons (Fsp3) is 0.381. The topological polar surface area (TPSA) is 106 Å². The van der Waals surface area contributed by atoms with E-state index in [1.54, 1.807) is 6.20 Å². The van der Waals surface area contributed by atoms with E-state index in [-0.39, 0.29) is 12.5 Å². The standard InChI is InChI=1S/C21H28N4O3/c22-21(27)18(16-28-15-17-9-3-1-4-10-17)25-20(26)12-5-2-7-13-23-19-11-6-8-14-24-19/h1,3-4,6,8-11,14,18H,2,5,7,12-13,15-16H2,(H2,22,27)(H,23,24)(H,25,26)/t18-/m0/s1. The van der Waals surface area contributed by atoms with Crippen molar-refractivity contribution in [1.29, 1.82) is 0 Å². The van der Waals surface area contributed by atoms with Crippen LogP contribution >= 0.6 is 0 Å². The Hall–Kier alpha value is -2.93. The highest BCUT2D eigenvalue weighted by Crippen LogP contribution is 2.04. The number of nitrogens with zero attached hydrogens (tertiary/aromatic N) is 1. The van der Waals surface area contributed by atoms with Crippen molar-refractivity contribution in [2.45, 2.75) is 38.3 Å². The van der Waals surface area contributed by atoms with Crippen LogP contribution in [0.4, 0.5) is 5.82 Å². The van der Waals surface area contributed by atoms with Crippen LogP contribution in [0.1, 0.15) is 31.2 Å². The molecule has 7 heteroatoms. The molecule has 0 spiro atoms. The molecule has 2 amide bonds. The lowest BCUT2D eigenvalue weighted by molar-refractivity contribution is -0.129. The van der Waals surface area contributed by atoms with Crippen LogP contribution in [0.2, 0.25) is 0 Å². The van der Waals surface area contributed by atoms with Gasteiger partial charge < -0.3 is 21.1 Å². The number of amides is 2. The molecule has 2 aromatic rings. The largest absolute Gasteiger partial charge is 0.374 e. The van der Waals surface area contributed by atoms with Gasteiger partial charge in [-0.1, -0.05) is 42.8 Å². The van der Waals surface area contributed by atoms with E-state index in [0.717, 1.165) is 37.2 Å². The van der Waals surface area contributed by atoms with Crippen LogP contribution in [0.25, 0.3) is 0 Å². The van der Waals surface area contributed by atoms with Crippen molar-refractivity contribution in [3.63, 3.8) is 0 Å². The number of hydrogen-bond donors (Lipinski definition) is 3. The molecule has 1 aromatic heterocycles. The van der Waals surface area contributed by atoms with Crippen molar-refractivity contribution in [2.24, 2.45) is 5.73 Å². The average Bonchev–Trinajstić information content (AvgIpc) is 2.71. The highest BCUT2D eigenvalue weighted by atomic mass is 16.5. The van der Waals surface area contributed by atoms with Crippen LogP contribution in [0.5, 0.6) is 0 Å². The molecule has 7 nitrogen and oxygen atoms in total. The number of nitrogens with two attached hydrogens (primary N) is 1. The minimum absolute atomic E-state index is 0.0595. The molecule has 0 aliphatic heterocycles. The van der Waals surface area contributed by atoms with Gasteiger partial charge in [-0.3, -0.25) is 9.59 Å². The lowest BCUT2D eigenvalue weighted by Crippen LogP contribution is -2.47. The summed E-state index contributed by atoms with van der Waals surface area (Å²) in [5, 5.41) is 5.88. The van der Waals surface area contributed by atoms with E-state index in [1.807, 2.05) is 48.5 Å². The van der Waals surface area contributed by atoms with Gasteiger partial charge in [0.25, 0.3) is 0 Å². The first-order chi connectivity index (χ1) is 13.6. The Labute approximate surface area is 165 Å². The number of ether oxygens (including phenoxy) is 1. The number of pyridine rings is 1. The number of aromatic nitrogens is 1. The predicted molar refractivity (Wildman–Crippen MR) is 108 cm³/mol. The van der Waals surface area contributed by atoms with Crippen LogP contribution in [-0.2, 0) is 20.9 Å². The Bertz CT molecular complexity index is 710. The molecule has 0 radical (unpaired) electrons. The van der Waals surface area contributed by atoms with Crippen molar-refractivity contribution >= 4 is 17.6 Å². The molecule has 1 aromatic carbocycles. The second kappa shape index (κ2) is 12.5. The van der Waals surface area contributed by atoms with Crippen molar-refractivity contribution in [2.75, 3.05) is 18.5 Å². The SMILES string of the molecule is NC(=O)[C@H](COCc1ccccc1)NC(=O)CCCCCNc1ccccn1. The Kier molecular flexibility index (Phi) is 9.51. The Morgan fingerprint density at radius 1 is 1.04 bits per heavy atom. The van der Waals surface area contributed by atoms with Gasteiger partial charge in [-0.05, 0) is 30.5 Å². The lowest BCUT2D eigenvalue weighted by Gasteiger charge is -2.16. The molecule has 0 unspecified atom stereocenters. The molecule has 2 rings (SSSR count). The van der Waals surface area contributed by atoms with E-state index in [0.29, 0.717) is 13.0 Å². The van der Waals surface area contributed by atoms with Gasteiger partial charge in [-0.25, -0.2) is 4.98 Å². The summed E-state index contributed by atoms with van der Waals surface area (Å²) in [7, 11) is 0. The highest BCUT2D eigenvalue weighted by Gasteiger charge is 2.18. The number of primary amides is 1. The first-order valence-corrected chi connectivity index (χ1v) is 9.50. The number of benzene rings is 1. The predicted octanol–water partition coefficient (Wildman–Crippen LogP) is 2.24. The highest BCUT2D eigenvalue weighted by molar-refractivity contribution is 5.86. The van der Waals surface area contributed by atoms with Gasteiger partial charge >= 0.3 is 0 Å². The minimum atomic E-state index is -0.818. The van der Waals surface area contributed by atoms with Gasteiger partial charge in [-0.15, -0.1) is 0 Å². The van der Waals surface area contributed by atoms with Crippen LogP contribution in [-0.4, -0.2) is 36.0 Å². The number of hydrogen-bond acceptors (Lipinski definition) is 5. The zero-order valence-electron chi connectivity index (χ0n) is 16.0. The maximum Gasteiger partial charge on any atom is 0.242 e. The van der Waals surface area contributed by atoms with Crippen molar-refractivity contribution < 1.29 is 14.3 Å². The summed E-state index contributed by atoms with van der Waals surface area (Å²) in [6.45, 7) is 1.23. The summed E-state index contributed by atoms with van der Waals surface area (Å²) in [4.78, 5) is 27.8. The van der Waals surface area contributed by atoms with Gasteiger partial charge in [0, 0.05) is 19.2 Å². The van der Waals surface area contributed by atoms with E-state index in [2.05, 4.69) is 15.6 Å². The van der Waals surface area contributed by atoms with Crippen molar-refractivity contribution in [3.8, 4) is 0 Å². The monoisotopic (exact) mass is 384 g/mol. The molecule has 0 saturated carbocycles. The molecule has 0 aliphatic rings. The zero-order valence-corrected chi connectivity index (χ0v) is 16.0. The number of unbranched alkanes of at least 4 members (excludes halogenated alkanes) is 2. The molecule has 0 aliphatic carbocycles. The zero-order chi connectivity index (χ0) is 20.0. The summed E-state index contributed by atoms with van der Waals surface area (Å²) >= 11 is 0. The molecule has 150 valence electrons. The summed E-state index contributed by atoms with van der Waals surface area (Å²) in [5.41, 5.74) is 6.36.